The molecule has 0 aliphatic heterocycles. The lowest BCUT2D eigenvalue weighted by Crippen LogP contribution is -2.38. The number of amides is 2. The number of benzene rings is 1. The Morgan fingerprint density at radius 3 is 2.67 bits per heavy atom. The van der Waals surface area contributed by atoms with E-state index in [0.717, 1.165) is 4.47 Å². The minimum atomic E-state index is -1.64. The van der Waals surface area contributed by atoms with E-state index in [2.05, 4.69) is 26.6 Å². The zero-order valence-electron chi connectivity index (χ0n) is 8.98. The summed E-state index contributed by atoms with van der Waals surface area (Å²) in [4.78, 5) is 21.7. The predicted molar refractivity (Wildman–Crippen MR) is 69.8 cm³/mol. The third-order valence-electron chi connectivity index (χ3n) is 1.92. The van der Waals surface area contributed by atoms with Crippen molar-refractivity contribution in [2.24, 2.45) is 0 Å². The Hall–Kier alpha value is -1.31. The molecule has 0 aliphatic rings. The van der Waals surface area contributed by atoms with Gasteiger partial charge in [-0.15, -0.1) is 0 Å². The topological polar surface area (TPSA) is 98.7 Å². The van der Waals surface area contributed by atoms with Crippen LogP contribution in [0.3, 0.4) is 0 Å². The van der Waals surface area contributed by atoms with E-state index in [1.807, 2.05) is 0 Å². The molecule has 1 atom stereocenters. The van der Waals surface area contributed by atoms with Crippen LogP contribution in [0.2, 0.25) is 5.02 Å². The molecule has 0 saturated carbocycles. The average molecular weight is 338 g/mol. The number of carbonyl (C=O) groups is 2. The van der Waals surface area contributed by atoms with Crippen molar-refractivity contribution in [3.05, 3.63) is 27.7 Å². The molecule has 0 unspecified atom stereocenters. The van der Waals surface area contributed by atoms with Gasteiger partial charge < -0.3 is 20.8 Å². The molecular formula is C10H10BrClN2O4. The average Bonchev–Trinajstić information content (AvgIpc) is 2.29. The monoisotopic (exact) mass is 336 g/mol. The van der Waals surface area contributed by atoms with Crippen LogP contribution >= 0.6 is 27.5 Å². The molecule has 0 fully saturated rings. The van der Waals surface area contributed by atoms with Gasteiger partial charge in [0, 0.05) is 4.47 Å². The lowest BCUT2D eigenvalue weighted by molar-refractivity contribution is -0.146. The van der Waals surface area contributed by atoms with Gasteiger partial charge in [0.25, 0.3) is 0 Å². The predicted octanol–water partition coefficient (Wildman–Crippen LogP) is 1.67. The summed E-state index contributed by atoms with van der Waals surface area (Å²) in [6, 6.07) is 4.22. The summed E-state index contributed by atoms with van der Waals surface area (Å²) >= 11 is 9.09. The van der Waals surface area contributed by atoms with Crippen LogP contribution in [0.15, 0.2) is 22.7 Å². The van der Waals surface area contributed by atoms with Gasteiger partial charge in [0.2, 0.25) is 0 Å². The molecular weight excluding hydrogens is 327 g/mol. The van der Waals surface area contributed by atoms with Crippen LogP contribution in [-0.4, -0.2) is 34.9 Å². The number of hydrogen-bond acceptors (Lipinski definition) is 3. The van der Waals surface area contributed by atoms with Crippen LogP contribution < -0.4 is 10.6 Å². The van der Waals surface area contributed by atoms with Gasteiger partial charge in [-0.1, -0.05) is 27.5 Å². The van der Waals surface area contributed by atoms with Gasteiger partial charge in [-0.25, -0.2) is 9.59 Å². The first-order valence-electron chi connectivity index (χ1n) is 4.81. The zero-order valence-corrected chi connectivity index (χ0v) is 11.3. The van der Waals surface area contributed by atoms with Crippen LogP contribution in [-0.2, 0) is 4.79 Å². The Kier molecular flexibility index (Phi) is 5.39. The van der Waals surface area contributed by atoms with Gasteiger partial charge in [0.1, 0.15) is 0 Å². The quantitative estimate of drug-likeness (QED) is 0.671. The molecule has 1 aromatic rings. The molecule has 8 heteroatoms. The number of urea groups is 1. The minimum Gasteiger partial charge on any atom is -0.479 e. The first-order valence-corrected chi connectivity index (χ1v) is 5.98. The Morgan fingerprint density at radius 2 is 2.11 bits per heavy atom. The fraction of sp³-hybridized carbons (Fsp3) is 0.200. The third-order valence-corrected chi connectivity index (χ3v) is 2.73. The second kappa shape index (κ2) is 6.58. The first-order chi connectivity index (χ1) is 8.40. The van der Waals surface area contributed by atoms with E-state index in [0.29, 0.717) is 10.7 Å². The van der Waals surface area contributed by atoms with Crippen LogP contribution in [0.25, 0.3) is 0 Å². The molecule has 4 N–H and O–H groups in total. The van der Waals surface area contributed by atoms with E-state index in [1.54, 1.807) is 18.2 Å². The van der Waals surface area contributed by atoms with Crippen molar-refractivity contribution >= 4 is 45.2 Å². The number of aliphatic carboxylic acids is 1. The van der Waals surface area contributed by atoms with Crippen molar-refractivity contribution in [2.45, 2.75) is 6.10 Å². The van der Waals surface area contributed by atoms with Gasteiger partial charge in [0.15, 0.2) is 6.10 Å². The number of rotatable bonds is 4. The van der Waals surface area contributed by atoms with E-state index >= 15 is 0 Å². The molecule has 0 saturated heterocycles. The molecule has 18 heavy (non-hydrogen) atoms. The number of aliphatic hydroxyl groups excluding tert-OH is 1. The van der Waals surface area contributed by atoms with Gasteiger partial charge in [-0.3, -0.25) is 0 Å². The van der Waals surface area contributed by atoms with Gasteiger partial charge in [-0.05, 0) is 18.2 Å². The molecule has 2 amide bonds. The smallest absolute Gasteiger partial charge is 0.334 e. The number of hydrogen-bond donors (Lipinski definition) is 4. The molecule has 1 rings (SSSR count). The number of carboxylic acid groups (broad SMARTS) is 1. The molecule has 1 aromatic carbocycles. The second-order valence-corrected chi connectivity index (χ2v) is 4.64. The van der Waals surface area contributed by atoms with Crippen LogP contribution in [0, 0.1) is 0 Å². The van der Waals surface area contributed by atoms with Crippen LogP contribution in [0.5, 0.6) is 0 Å². The van der Waals surface area contributed by atoms with Crippen molar-refractivity contribution in [1.29, 1.82) is 0 Å². The lowest BCUT2D eigenvalue weighted by atomic mass is 10.3. The third kappa shape index (κ3) is 4.52. The molecule has 0 radical (unpaired) electrons. The molecule has 0 aromatic heterocycles. The zero-order chi connectivity index (χ0) is 13.7. The number of carbonyl (C=O) groups excluding carboxylic acids is 1. The number of nitrogens with one attached hydrogen (secondary N) is 2. The number of anilines is 1. The van der Waals surface area contributed by atoms with E-state index in [1.165, 1.54) is 0 Å². The maximum absolute atomic E-state index is 11.4. The van der Waals surface area contributed by atoms with Crippen molar-refractivity contribution in [3.8, 4) is 0 Å². The summed E-state index contributed by atoms with van der Waals surface area (Å²) in [5.74, 6) is -1.41. The van der Waals surface area contributed by atoms with Crippen molar-refractivity contribution < 1.29 is 19.8 Å². The van der Waals surface area contributed by atoms with E-state index in [4.69, 9.17) is 21.8 Å². The Bertz CT molecular complexity index is 469. The van der Waals surface area contributed by atoms with Gasteiger partial charge >= 0.3 is 12.0 Å². The normalized spacial score (nSPS) is 11.7. The van der Waals surface area contributed by atoms with E-state index in [9.17, 15) is 9.59 Å². The Balaban J connectivity index is 2.52. The highest BCUT2D eigenvalue weighted by atomic mass is 79.9. The summed E-state index contributed by atoms with van der Waals surface area (Å²) in [6.45, 7) is -0.394. The molecule has 0 heterocycles. The number of carboxylic acids is 1. The highest BCUT2D eigenvalue weighted by molar-refractivity contribution is 9.10. The fourth-order valence-corrected chi connectivity index (χ4v) is 1.75. The molecule has 0 aliphatic carbocycles. The maximum atomic E-state index is 11.4. The van der Waals surface area contributed by atoms with Gasteiger partial charge in [0.05, 0.1) is 17.3 Å². The number of aliphatic hydroxyl groups is 1. The summed E-state index contributed by atoms with van der Waals surface area (Å²) in [5.41, 5.74) is 0.377. The fourth-order valence-electron chi connectivity index (χ4n) is 1.03. The van der Waals surface area contributed by atoms with Gasteiger partial charge in [-0.2, -0.15) is 0 Å². The maximum Gasteiger partial charge on any atom is 0.334 e. The highest BCUT2D eigenvalue weighted by Gasteiger charge is 2.14. The summed E-state index contributed by atoms with van der Waals surface area (Å²) < 4.78 is 0.764. The number of halogens is 2. The lowest BCUT2D eigenvalue weighted by Gasteiger charge is -2.10. The molecule has 0 spiro atoms. The summed E-state index contributed by atoms with van der Waals surface area (Å²) in [5, 5.41) is 22.3. The standard InChI is InChI=1S/C10H10BrClN2O4/c11-5-1-2-7(6(12)3-5)14-10(18)13-4-8(15)9(16)17/h1-3,8,15H,4H2,(H,16,17)(H2,13,14,18)/t8-/m0/s1. The minimum absolute atomic E-state index is 0.332. The molecule has 6 nitrogen and oxygen atoms in total. The highest BCUT2D eigenvalue weighted by Crippen LogP contribution is 2.25. The Labute approximate surface area is 116 Å². The van der Waals surface area contributed by atoms with Crippen molar-refractivity contribution in [1.82, 2.24) is 5.32 Å². The molecule has 0 bridgehead atoms. The van der Waals surface area contributed by atoms with Crippen molar-refractivity contribution in [3.63, 3.8) is 0 Å². The SMILES string of the molecule is O=C(NC[C@H](O)C(=O)O)Nc1ccc(Br)cc1Cl. The van der Waals surface area contributed by atoms with Crippen molar-refractivity contribution in [2.75, 3.05) is 11.9 Å². The largest absolute Gasteiger partial charge is 0.479 e. The summed E-state index contributed by atoms with van der Waals surface area (Å²) in [6.07, 6.45) is -1.64. The molecule has 98 valence electrons. The van der Waals surface area contributed by atoms with Crippen LogP contribution in [0.1, 0.15) is 0 Å². The second-order valence-electron chi connectivity index (χ2n) is 3.31. The van der Waals surface area contributed by atoms with Crippen LogP contribution in [0.4, 0.5) is 10.5 Å². The van der Waals surface area contributed by atoms with E-state index < -0.39 is 24.6 Å². The van der Waals surface area contributed by atoms with E-state index in [-0.39, 0.29) is 0 Å². The summed E-state index contributed by atoms with van der Waals surface area (Å²) in [7, 11) is 0. The first kappa shape index (κ1) is 14.7. The Morgan fingerprint density at radius 1 is 1.44 bits per heavy atom.